The second-order valence-corrected chi connectivity index (χ2v) is 7.55. The fourth-order valence-electron chi connectivity index (χ4n) is 3.58. The topological polar surface area (TPSA) is 37.3 Å². The summed E-state index contributed by atoms with van der Waals surface area (Å²) in [4.78, 5) is 15.1. The fourth-order valence-corrected chi connectivity index (χ4v) is 4.04. The summed E-state index contributed by atoms with van der Waals surface area (Å²) in [5.41, 5.74) is 1.94. The fraction of sp³-hybridized carbons (Fsp3) is 0.450. The molecular weight excluding hydrogens is 378 g/mol. The van der Waals surface area contributed by atoms with Gasteiger partial charge in [0.2, 0.25) is 0 Å². The molecular formula is C20H26BrN3O. The Morgan fingerprint density at radius 1 is 1.12 bits per heavy atom. The first kappa shape index (κ1) is 18.2. The maximum absolute atomic E-state index is 12.6. The molecule has 134 valence electrons. The van der Waals surface area contributed by atoms with Crippen molar-refractivity contribution in [3.05, 3.63) is 58.3 Å². The SMILES string of the molecule is Cn1cccc1C(CNC(=O)c1ccccc1Br)N1CCCCCC1. The van der Waals surface area contributed by atoms with Crippen molar-refractivity contribution >= 4 is 21.8 Å². The van der Waals surface area contributed by atoms with Crippen molar-refractivity contribution in [1.29, 1.82) is 0 Å². The van der Waals surface area contributed by atoms with Crippen LogP contribution >= 0.6 is 15.9 Å². The van der Waals surface area contributed by atoms with Crippen molar-refractivity contribution in [2.24, 2.45) is 7.05 Å². The minimum absolute atomic E-state index is 0.0264. The molecule has 1 saturated heterocycles. The van der Waals surface area contributed by atoms with E-state index in [-0.39, 0.29) is 11.9 Å². The third kappa shape index (κ3) is 4.53. The highest BCUT2D eigenvalue weighted by Crippen LogP contribution is 2.24. The van der Waals surface area contributed by atoms with Gasteiger partial charge in [-0.25, -0.2) is 0 Å². The number of hydrogen-bond donors (Lipinski definition) is 1. The Balaban J connectivity index is 1.75. The van der Waals surface area contributed by atoms with Crippen LogP contribution in [0, 0.1) is 0 Å². The molecule has 1 aliphatic rings. The number of carbonyl (C=O) groups is 1. The number of hydrogen-bond acceptors (Lipinski definition) is 2. The molecule has 25 heavy (non-hydrogen) atoms. The van der Waals surface area contributed by atoms with E-state index < -0.39 is 0 Å². The van der Waals surface area contributed by atoms with Crippen LogP contribution in [-0.2, 0) is 7.05 Å². The van der Waals surface area contributed by atoms with Crippen LogP contribution in [-0.4, -0.2) is 35.0 Å². The molecule has 1 aromatic heterocycles. The van der Waals surface area contributed by atoms with Gasteiger partial charge in [-0.05, 0) is 66.1 Å². The number of carbonyl (C=O) groups excluding carboxylic acids is 1. The first-order valence-electron chi connectivity index (χ1n) is 9.05. The maximum Gasteiger partial charge on any atom is 0.252 e. The largest absolute Gasteiger partial charge is 0.353 e. The van der Waals surface area contributed by atoms with Gasteiger partial charge in [-0.15, -0.1) is 0 Å². The molecule has 1 aliphatic heterocycles. The van der Waals surface area contributed by atoms with E-state index in [1.807, 2.05) is 24.3 Å². The summed E-state index contributed by atoms with van der Waals surface area (Å²) in [6.45, 7) is 2.82. The first-order valence-corrected chi connectivity index (χ1v) is 9.84. The van der Waals surface area contributed by atoms with Crippen molar-refractivity contribution in [3.8, 4) is 0 Å². The number of amides is 1. The number of rotatable bonds is 5. The zero-order chi connectivity index (χ0) is 17.6. The first-order chi connectivity index (χ1) is 12.2. The number of aryl methyl sites for hydroxylation is 1. The third-order valence-corrected chi connectivity index (χ3v) is 5.67. The van der Waals surface area contributed by atoms with Gasteiger partial charge in [0.1, 0.15) is 0 Å². The number of nitrogens with one attached hydrogen (secondary N) is 1. The quantitative estimate of drug-likeness (QED) is 0.814. The summed E-state index contributed by atoms with van der Waals surface area (Å²) in [5, 5.41) is 3.15. The highest BCUT2D eigenvalue weighted by atomic mass is 79.9. The van der Waals surface area contributed by atoms with Crippen molar-refractivity contribution < 1.29 is 4.79 Å². The number of benzene rings is 1. The Bertz CT molecular complexity index is 704. The zero-order valence-electron chi connectivity index (χ0n) is 14.7. The average Bonchev–Trinajstić information content (AvgIpc) is 2.86. The average molecular weight is 404 g/mol. The lowest BCUT2D eigenvalue weighted by atomic mass is 10.1. The lowest BCUT2D eigenvalue weighted by Crippen LogP contribution is -2.39. The molecule has 1 unspecified atom stereocenters. The van der Waals surface area contributed by atoms with Crippen molar-refractivity contribution in [1.82, 2.24) is 14.8 Å². The molecule has 0 bridgehead atoms. The molecule has 1 atom stereocenters. The molecule has 2 heterocycles. The molecule has 5 heteroatoms. The molecule has 0 saturated carbocycles. The van der Waals surface area contributed by atoms with Crippen LogP contribution < -0.4 is 5.32 Å². The molecule has 1 fully saturated rings. The molecule has 2 aromatic rings. The number of aromatic nitrogens is 1. The molecule has 0 aliphatic carbocycles. The minimum Gasteiger partial charge on any atom is -0.353 e. The summed E-state index contributed by atoms with van der Waals surface area (Å²) in [6.07, 6.45) is 7.16. The van der Waals surface area contributed by atoms with Crippen molar-refractivity contribution in [3.63, 3.8) is 0 Å². The Kier molecular flexibility index (Phi) is 6.32. The number of likely N-dealkylation sites (tertiary alicyclic amines) is 1. The molecule has 0 radical (unpaired) electrons. The smallest absolute Gasteiger partial charge is 0.252 e. The monoisotopic (exact) mass is 403 g/mol. The standard InChI is InChI=1S/C20H26BrN3O/c1-23-12-8-11-18(23)19(24-13-6-2-3-7-14-24)15-22-20(25)16-9-4-5-10-17(16)21/h4-5,8-12,19H,2-3,6-7,13-15H2,1H3,(H,22,25). The van der Waals surface area contributed by atoms with E-state index in [0.717, 1.165) is 17.6 Å². The van der Waals surface area contributed by atoms with Crippen molar-refractivity contribution in [2.45, 2.75) is 31.7 Å². The zero-order valence-corrected chi connectivity index (χ0v) is 16.3. The normalized spacial score (nSPS) is 17.0. The van der Waals surface area contributed by atoms with E-state index in [2.05, 4.69) is 56.1 Å². The van der Waals surface area contributed by atoms with Gasteiger partial charge in [0.05, 0.1) is 11.6 Å². The Morgan fingerprint density at radius 3 is 2.48 bits per heavy atom. The van der Waals surface area contributed by atoms with Gasteiger partial charge < -0.3 is 9.88 Å². The van der Waals surface area contributed by atoms with Crippen LogP contribution in [0.4, 0.5) is 0 Å². The van der Waals surface area contributed by atoms with Crippen LogP contribution in [0.5, 0.6) is 0 Å². The summed E-state index contributed by atoms with van der Waals surface area (Å²) in [6, 6.07) is 12.0. The molecule has 1 N–H and O–H groups in total. The third-order valence-electron chi connectivity index (χ3n) is 4.98. The van der Waals surface area contributed by atoms with E-state index in [0.29, 0.717) is 12.1 Å². The Labute approximate surface area is 158 Å². The van der Waals surface area contributed by atoms with Gasteiger partial charge in [-0.2, -0.15) is 0 Å². The summed E-state index contributed by atoms with van der Waals surface area (Å²) < 4.78 is 3.00. The van der Waals surface area contributed by atoms with Gasteiger partial charge in [-0.3, -0.25) is 9.69 Å². The summed E-state index contributed by atoms with van der Waals surface area (Å²) in [7, 11) is 2.08. The second-order valence-electron chi connectivity index (χ2n) is 6.70. The van der Waals surface area contributed by atoms with Crippen LogP contribution in [0.3, 0.4) is 0 Å². The molecule has 0 spiro atoms. The summed E-state index contributed by atoms with van der Waals surface area (Å²) >= 11 is 3.47. The van der Waals surface area contributed by atoms with Crippen LogP contribution in [0.25, 0.3) is 0 Å². The molecule has 1 aromatic carbocycles. The van der Waals surface area contributed by atoms with Gasteiger partial charge in [-0.1, -0.05) is 25.0 Å². The second kappa shape index (κ2) is 8.68. The molecule has 1 amide bonds. The lowest BCUT2D eigenvalue weighted by Gasteiger charge is -2.31. The highest BCUT2D eigenvalue weighted by molar-refractivity contribution is 9.10. The Morgan fingerprint density at radius 2 is 1.84 bits per heavy atom. The Hall–Kier alpha value is -1.59. The predicted molar refractivity (Wildman–Crippen MR) is 105 cm³/mol. The minimum atomic E-state index is -0.0264. The van der Waals surface area contributed by atoms with Gasteiger partial charge in [0.25, 0.3) is 5.91 Å². The van der Waals surface area contributed by atoms with Crippen molar-refractivity contribution in [2.75, 3.05) is 19.6 Å². The maximum atomic E-state index is 12.6. The van der Waals surface area contributed by atoms with E-state index in [1.54, 1.807) is 0 Å². The van der Waals surface area contributed by atoms with E-state index in [9.17, 15) is 4.79 Å². The number of halogens is 1. The summed E-state index contributed by atoms with van der Waals surface area (Å²) in [5.74, 6) is -0.0264. The molecule has 4 nitrogen and oxygen atoms in total. The predicted octanol–water partition coefficient (Wildman–Crippen LogP) is 4.13. The van der Waals surface area contributed by atoms with E-state index in [1.165, 1.54) is 31.4 Å². The van der Waals surface area contributed by atoms with Gasteiger partial charge in [0, 0.05) is 30.0 Å². The van der Waals surface area contributed by atoms with E-state index in [4.69, 9.17) is 0 Å². The molecule has 3 rings (SSSR count). The van der Waals surface area contributed by atoms with Crippen LogP contribution in [0.1, 0.15) is 47.8 Å². The number of nitrogens with zero attached hydrogens (tertiary/aromatic N) is 2. The van der Waals surface area contributed by atoms with Gasteiger partial charge in [0.15, 0.2) is 0 Å². The van der Waals surface area contributed by atoms with E-state index >= 15 is 0 Å². The van der Waals surface area contributed by atoms with Gasteiger partial charge >= 0.3 is 0 Å². The van der Waals surface area contributed by atoms with Crippen LogP contribution in [0.2, 0.25) is 0 Å². The highest BCUT2D eigenvalue weighted by Gasteiger charge is 2.24. The lowest BCUT2D eigenvalue weighted by molar-refractivity contribution is 0.0930. The van der Waals surface area contributed by atoms with Crippen LogP contribution in [0.15, 0.2) is 47.1 Å².